The molecule has 2 aromatic carbocycles. The highest BCUT2D eigenvalue weighted by Gasteiger charge is 2.31. The molecule has 0 unspecified atom stereocenters. The summed E-state index contributed by atoms with van der Waals surface area (Å²) in [6.45, 7) is 0. The van der Waals surface area contributed by atoms with Crippen LogP contribution in [0.5, 0.6) is 0 Å². The van der Waals surface area contributed by atoms with Crippen LogP contribution in [0.3, 0.4) is 0 Å². The number of amides is 1. The highest BCUT2D eigenvalue weighted by Crippen LogP contribution is 2.22. The number of hydrogen-bond acceptors (Lipinski definition) is 4. The first-order valence-corrected chi connectivity index (χ1v) is 7.20. The van der Waals surface area contributed by atoms with Crippen molar-refractivity contribution >= 4 is 17.5 Å². The molecule has 24 heavy (non-hydrogen) atoms. The van der Waals surface area contributed by atoms with E-state index < -0.39 is 23.3 Å². The molecule has 3 N–H and O–H groups in total. The number of fused-ring (bicyclic) bond motifs is 1. The number of halogens is 1. The summed E-state index contributed by atoms with van der Waals surface area (Å²) in [5.74, 6) is -1.92. The molecule has 0 heterocycles. The average Bonchev–Trinajstić information content (AvgIpc) is 2.59. The molecule has 0 spiro atoms. The molecule has 0 bridgehead atoms. The van der Waals surface area contributed by atoms with Crippen molar-refractivity contribution in [1.29, 1.82) is 0 Å². The van der Waals surface area contributed by atoms with E-state index in [1.165, 1.54) is 36.4 Å². The number of ketones is 2. The van der Waals surface area contributed by atoms with Crippen molar-refractivity contribution in [1.82, 2.24) is 5.32 Å². The molecular weight excluding hydrogens is 311 g/mol. The van der Waals surface area contributed by atoms with Crippen LogP contribution in [0.1, 0.15) is 26.3 Å². The third-order valence-electron chi connectivity index (χ3n) is 3.70. The molecule has 1 amide bonds. The van der Waals surface area contributed by atoms with Gasteiger partial charge < -0.3 is 11.1 Å². The monoisotopic (exact) mass is 324 g/mol. The molecule has 0 aliphatic heterocycles. The topological polar surface area (TPSA) is 89.3 Å². The van der Waals surface area contributed by atoms with Crippen molar-refractivity contribution in [2.24, 2.45) is 5.73 Å². The van der Waals surface area contributed by atoms with Gasteiger partial charge >= 0.3 is 0 Å². The summed E-state index contributed by atoms with van der Waals surface area (Å²) in [5, 5.41) is 2.40. The van der Waals surface area contributed by atoms with Crippen LogP contribution in [0, 0.1) is 5.82 Å². The van der Waals surface area contributed by atoms with E-state index in [1.807, 2.05) is 0 Å². The number of nitrogens with one attached hydrogen (secondary N) is 1. The molecule has 3 rings (SSSR count). The van der Waals surface area contributed by atoms with Gasteiger partial charge in [-0.25, -0.2) is 4.39 Å². The fourth-order valence-electron chi connectivity index (χ4n) is 2.49. The van der Waals surface area contributed by atoms with Crippen molar-refractivity contribution in [2.45, 2.75) is 6.42 Å². The van der Waals surface area contributed by atoms with Crippen LogP contribution in [0.15, 0.2) is 59.9 Å². The number of nitrogens with two attached hydrogens (primary N) is 1. The number of Topliss-reactive ketones (excluding diaryl/α,β-unsaturated/α-hetero) is 2. The van der Waals surface area contributed by atoms with E-state index in [4.69, 9.17) is 5.73 Å². The Kier molecular flexibility index (Phi) is 3.95. The van der Waals surface area contributed by atoms with Gasteiger partial charge in [0.1, 0.15) is 17.2 Å². The van der Waals surface area contributed by atoms with Crippen molar-refractivity contribution < 1.29 is 18.8 Å². The number of allylic oxidation sites excluding steroid dienone is 2. The Hall–Kier alpha value is -3.28. The molecule has 0 atom stereocenters. The second-order valence-electron chi connectivity index (χ2n) is 5.34. The zero-order valence-electron chi connectivity index (χ0n) is 12.5. The van der Waals surface area contributed by atoms with E-state index in [2.05, 4.69) is 5.32 Å². The lowest BCUT2D eigenvalue weighted by molar-refractivity contribution is -0.119. The lowest BCUT2D eigenvalue weighted by Crippen LogP contribution is -2.37. The van der Waals surface area contributed by atoms with Crippen LogP contribution in [0.4, 0.5) is 4.39 Å². The predicted octanol–water partition coefficient (Wildman–Crippen LogP) is 1.73. The molecule has 0 saturated carbocycles. The van der Waals surface area contributed by atoms with Gasteiger partial charge in [0.05, 0.1) is 6.42 Å². The van der Waals surface area contributed by atoms with Crippen LogP contribution in [0.25, 0.3) is 0 Å². The lowest BCUT2D eigenvalue weighted by atomic mass is 9.90. The molecule has 120 valence electrons. The first-order valence-electron chi connectivity index (χ1n) is 7.20. The first-order chi connectivity index (χ1) is 11.5. The zero-order chi connectivity index (χ0) is 17.3. The Morgan fingerprint density at radius 3 is 2.17 bits per heavy atom. The van der Waals surface area contributed by atoms with Gasteiger partial charge in [-0.2, -0.15) is 0 Å². The third kappa shape index (κ3) is 2.81. The maximum Gasteiger partial charge on any atom is 0.228 e. The van der Waals surface area contributed by atoms with Gasteiger partial charge in [-0.3, -0.25) is 14.4 Å². The van der Waals surface area contributed by atoms with Crippen LogP contribution in [0.2, 0.25) is 0 Å². The summed E-state index contributed by atoms with van der Waals surface area (Å²) in [6, 6.07) is 11.7. The molecule has 0 aromatic heterocycles. The fourth-order valence-corrected chi connectivity index (χ4v) is 2.49. The summed E-state index contributed by atoms with van der Waals surface area (Å²) in [7, 11) is 0. The number of benzene rings is 2. The minimum absolute atomic E-state index is 0.0693. The van der Waals surface area contributed by atoms with Gasteiger partial charge in [0, 0.05) is 11.1 Å². The van der Waals surface area contributed by atoms with Gasteiger partial charge in [0.15, 0.2) is 0 Å². The molecule has 1 aliphatic carbocycles. The Balaban J connectivity index is 1.83. The van der Waals surface area contributed by atoms with E-state index in [0.717, 1.165) is 0 Å². The standard InChI is InChI=1S/C18H13FN2O3/c19-11-7-5-10(6-8-11)9-14(22)21-16-15(20)17(23)12-3-1-2-4-13(12)18(16)24/h1-8H,9,20H2,(H,21,22). The minimum Gasteiger partial charge on any atom is -0.394 e. The summed E-state index contributed by atoms with van der Waals surface area (Å²) in [4.78, 5) is 36.8. The van der Waals surface area contributed by atoms with E-state index in [9.17, 15) is 18.8 Å². The SMILES string of the molecule is NC1=C(NC(=O)Cc2ccc(F)cc2)C(=O)c2ccccc2C1=O. The summed E-state index contributed by atoms with van der Waals surface area (Å²) < 4.78 is 12.9. The molecule has 0 saturated heterocycles. The fraction of sp³-hybridized carbons (Fsp3) is 0.0556. The Morgan fingerprint density at radius 1 is 0.958 bits per heavy atom. The summed E-state index contributed by atoms with van der Waals surface area (Å²) in [6.07, 6.45) is -0.0693. The Morgan fingerprint density at radius 2 is 1.54 bits per heavy atom. The summed E-state index contributed by atoms with van der Waals surface area (Å²) in [5.41, 5.74) is 6.23. The quantitative estimate of drug-likeness (QED) is 0.900. The molecule has 5 nitrogen and oxygen atoms in total. The number of carbonyl (C=O) groups excluding carboxylic acids is 3. The summed E-state index contributed by atoms with van der Waals surface area (Å²) >= 11 is 0. The highest BCUT2D eigenvalue weighted by molar-refractivity contribution is 6.27. The first kappa shape index (κ1) is 15.6. The van der Waals surface area contributed by atoms with Gasteiger partial charge in [-0.05, 0) is 17.7 Å². The third-order valence-corrected chi connectivity index (χ3v) is 3.70. The minimum atomic E-state index is -0.514. The van der Waals surface area contributed by atoms with Gasteiger partial charge in [0.2, 0.25) is 17.5 Å². The van der Waals surface area contributed by atoms with E-state index in [0.29, 0.717) is 5.56 Å². The van der Waals surface area contributed by atoms with Gasteiger partial charge in [0.25, 0.3) is 0 Å². The van der Waals surface area contributed by atoms with Crippen molar-refractivity contribution in [2.75, 3.05) is 0 Å². The zero-order valence-corrected chi connectivity index (χ0v) is 12.5. The maximum atomic E-state index is 12.9. The molecule has 0 fully saturated rings. The second kappa shape index (κ2) is 6.08. The molecule has 1 aliphatic rings. The average molecular weight is 324 g/mol. The molecule has 6 heteroatoms. The normalized spacial score (nSPS) is 13.7. The number of rotatable bonds is 3. The molecule has 2 aromatic rings. The van der Waals surface area contributed by atoms with Gasteiger partial charge in [-0.1, -0.05) is 36.4 Å². The van der Waals surface area contributed by atoms with Crippen molar-refractivity contribution in [3.05, 3.63) is 82.4 Å². The molecular formula is C18H13FN2O3. The predicted molar refractivity (Wildman–Crippen MR) is 84.6 cm³/mol. The van der Waals surface area contributed by atoms with E-state index >= 15 is 0 Å². The van der Waals surface area contributed by atoms with E-state index in [-0.39, 0.29) is 28.9 Å². The maximum absolute atomic E-state index is 12.9. The van der Waals surface area contributed by atoms with E-state index in [1.54, 1.807) is 12.1 Å². The van der Waals surface area contributed by atoms with Crippen LogP contribution < -0.4 is 11.1 Å². The van der Waals surface area contributed by atoms with Crippen LogP contribution in [-0.2, 0) is 11.2 Å². The smallest absolute Gasteiger partial charge is 0.228 e. The highest BCUT2D eigenvalue weighted by atomic mass is 19.1. The Bertz CT molecular complexity index is 885. The van der Waals surface area contributed by atoms with Crippen molar-refractivity contribution in [3.63, 3.8) is 0 Å². The van der Waals surface area contributed by atoms with Crippen LogP contribution in [-0.4, -0.2) is 17.5 Å². The molecule has 0 radical (unpaired) electrons. The second-order valence-corrected chi connectivity index (χ2v) is 5.34. The van der Waals surface area contributed by atoms with Gasteiger partial charge in [-0.15, -0.1) is 0 Å². The van der Waals surface area contributed by atoms with Crippen molar-refractivity contribution in [3.8, 4) is 0 Å². The number of hydrogen-bond donors (Lipinski definition) is 2. The lowest BCUT2D eigenvalue weighted by Gasteiger charge is -2.19. The number of carbonyl (C=O) groups is 3. The largest absolute Gasteiger partial charge is 0.394 e. The Labute approximate surface area is 137 Å². The van der Waals surface area contributed by atoms with Crippen LogP contribution >= 0.6 is 0 Å².